The molecule has 0 bridgehead atoms. The van der Waals surface area contributed by atoms with Crippen LogP contribution in [-0.2, 0) is 22.0 Å². The summed E-state index contributed by atoms with van der Waals surface area (Å²) in [6.07, 6.45) is 2.60. The van der Waals surface area contributed by atoms with Gasteiger partial charge >= 0.3 is 0 Å². The largest absolute Gasteiger partial charge is 0.508 e. The lowest BCUT2D eigenvalue weighted by Crippen LogP contribution is -2.39. The maximum absolute atomic E-state index is 12.9. The van der Waals surface area contributed by atoms with Gasteiger partial charge in [-0.3, -0.25) is 14.5 Å². The molecule has 4 rings (SSSR count). The third-order valence-electron chi connectivity index (χ3n) is 6.74. The van der Waals surface area contributed by atoms with E-state index < -0.39 is 6.04 Å². The summed E-state index contributed by atoms with van der Waals surface area (Å²) in [6, 6.07) is 10.7. The summed E-state index contributed by atoms with van der Waals surface area (Å²) < 4.78 is 0. The van der Waals surface area contributed by atoms with Crippen molar-refractivity contribution in [2.24, 2.45) is 0 Å². The number of nitrogens with zero attached hydrogens (tertiary/aromatic N) is 1. The molecule has 0 radical (unpaired) electrons. The highest BCUT2D eigenvalue weighted by Crippen LogP contribution is 2.48. The Morgan fingerprint density at radius 2 is 1.67 bits per heavy atom. The number of thioether (sulfide) groups is 1. The van der Waals surface area contributed by atoms with E-state index in [9.17, 15) is 14.7 Å². The number of aryl methyl sites for hydroxylation is 1. The number of fused-ring (bicyclic) bond motifs is 1. The molecule has 1 aliphatic carbocycles. The molecule has 30 heavy (non-hydrogen) atoms. The van der Waals surface area contributed by atoms with Gasteiger partial charge in [0.25, 0.3) is 5.24 Å². The number of benzene rings is 2. The van der Waals surface area contributed by atoms with Crippen LogP contribution in [0.3, 0.4) is 0 Å². The van der Waals surface area contributed by atoms with Gasteiger partial charge in [0.05, 0.1) is 0 Å². The van der Waals surface area contributed by atoms with Gasteiger partial charge in [0, 0.05) is 23.9 Å². The third kappa shape index (κ3) is 3.53. The van der Waals surface area contributed by atoms with Crippen molar-refractivity contribution in [2.75, 3.05) is 4.90 Å². The number of aromatic hydroxyl groups is 1. The Labute approximate surface area is 182 Å². The molecule has 0 aromatic heterocycles. The summed E-state index contributed by atoms with van der Waals surface area (Å²) in [5.41, 5.74) is 5.41. The minimum atomic E-state index is -0.569. The van der Waals surface area contributed by atoms with Crippen molar-refractivity contribution in [3.63, 3.8) is 0 Å². The van der Waals surface area contributed by atoms with Crippen LogP contribution >= 0.6 is 11.8 Å². The quantitative estimate of drug-likeness (QED) is 0.672. The van der Waals surface area contributed by atoms with E-state index in [2.05, 4.69) is 39.8 Å². The van der Waals surface area contributed by atoms with Crippen molar-refractivity contribution in [2.45, 2.75) is 70.8 Å². The third-order valence-corrected chi connectivity index (χ3v) is 7.58. The molecule has 1 amide bonds. The first-order valence-corrected chi connectivity index (χ1v) is 11.3. The molecule has 0 spiro atoms. The molecular weight excluding hydrogens is 394 g/mol. The minimum Gasteiger partial charge on any atom is -0.508 e. The molecule has 2 aromatic rings. The molecule has 1 fully saturated rings. The predicted molar refractivity (Wildman–Crippen MR) is 123 cm³/mol. The molecule has 1 N–H and O–H groups in total. The number of carbonyl (C=O) groups excluding carboxylic acids is 2. The van der Waals surface area contributed by atoms with Gasteiger partial charge in [0.1, 0.15) is 11.8 Å². The van der Waals surface area contributed by atoms with Crippen molar-refractivity contribution < 1.29 is 14.7 Å². The molecule has 4 nitrogen and oxygen atoms in total. The molecule has 2 aliphatic rings. The standard InChI is InChI=1S/C25H29NO3S/c1-15-11-18-19(25(4,5)10-9-24(18,2)3)14-20(15)26-21(22(28)30-23(26)29)13-16-7-6-8-17(27)12-16/h6-8,11-12,14,21,27H,9-10,13H2,1-5H3. The lowest BCUT2D eigenvalue weighted by atomic mass is 9.63. The maximum Gasteiger partial charge on any atom is 0.294 e. The van der Waals surface area contributed by atoms with Crippen LogP contribution in [-0.4, -0.2) is 21.5 Å². The Bertz CT molecular complexity index is 1040. The van der Waals surface area contributed by atoms with E-state index in [1.807, 2.05) is 13.0 Å². The van der Waals surface area contributed by atoms with E-state index in [1.54, 1.807) is 23.1 Å². The first-order valence-electron chi connectivity index (χ1n) is 10.5. The fraction of sp³-hybridized carbons (Fsp3) is 0.440. The Hall–Kier alpha value is -2.27. The first kappa shape index (κ1) is 21.0. The van der Waals surface area contributed by atoms with Crippen molar-refractivity contribution in [3.8, 4) is 5.75 Å². The zero-order valence-electron chi connectivity index (χ0n) is 18.3. The number of amides is 1. The molecule has 1 heterocycles. The summed E-state index contributed by atoms with van der Waals surface area (Å²) in [5, 5.41) is 9.44. The Morgan fingerprint density at radius 3 is 2.30 bits per heavy atom. The van der Waals surface area contributed by atoms with E-state index in [1.165, 1.54) is 11.1 Å². The summed E-state index contributed by atoms with van der Waals surface area (Å²) in [5.74, 6) is 0.164. The second kappa shape index (κ2) is 7.16. The smallest absolute Gasteiger partial charge is 0.294 e. The predicted octanol–water partition coefficient (Wildman–Crippen LogP) is 5.86. The van der Waals surface area contributed by atoms with Crippen LogP contribution in [0.4, 0.5) is 10.5 Å². The lowest BCUT2D eigenvalue weighted by Gasteiger charge is -2.43. The van der Waals surface area contributed by atoms with Crippen LogP contribution < -0.4 is 4.90 Å². The van der Waals surface area contributed by atoms with Gasteiger partial charge in [0.2, 0.25) is 5.12 Å². The van der Waals surface area contributed by atoms with E-state index in [-0.39, 0.29) is 26.9 Å². The normalized spacial score (nSPS) is 22.3. The van der Waals surface area contributed by atoms with Crippen LogP contribution in [0.2, 0.25) is 0 Å². The van der Waals surface area contributed by atoms with Crippen molar-refractivity contribution in [1.29, 1.82) is 0 Å². The van der Waals surface area contributed by atoms with Crippen molar-refractivity contribution in [3.05, 3.63) is 58.7 Å². The first-order chi connectivity index (χ1) is 14.0. The van der Waals surface area contributed by atoms with Gasteiger partial charge in [-0.2, -0.15) is 0 Å². The second-order valence-electron chi connectivity index (χ2n) is 9.90. The fourth-order valence-corrected chi connectivity index (χ4v) is 5.57. The summed E-state index contributed by atoms with van der Waals surface area (Å²) in [4.78, 5) is 27.3. The highest BCUT2D eigenvalue weighted by molar-refractivity contribution is 8.27. The van der Waals surface area contributed by atoms with E-state index in [0.717, 1.165) is 41.4 Å². The molecule has 5 heteroatoms. The minimum absolute atomic E-state index is 0.0218. The van der Waals surface area contributed by atoms with Crippen molar-refractivity contribution >= 4 is 27.8 Å². The van der Waals surface area contributed by atoms with Crippen LogP contribution in [0.25, 0.3) is 0 Å². The van der Waals surface area contributed by atoms with Gasteiger partial charge < -0.3 is 5.11 Å². The van der Waals surface area contributed by atoms with Gasteiger partial charge in [-0.15, -0.1) is 0 Å². The molecule has 1 atom stereocenters. The number of hydrogen-bond donors (Lipinski definition) is 1. The van der Waals surface area contributed by atoms with Crippen LogP contribution in [0.5, 0.6) is 5.75 Å². The Kier molecular flexibility index (Phi) is 5.00. The molecule has 1 aliphatic heterocycles. The second-order valence-corrected chi connectivity index (χ2v) is 10.9. The number of rotatable bonds is 3. The highest BCUT2D eigenvalue weighted by Gasteiger charge is 2.43. The molecule has 0 saturated carbocycles. The monoisotopic (exact) mass is 423 g/mol. The SMILES string of the molecule is Cc1cc2c(cc1N1C(=O)SC(=O)C1Cc1cccc(O)c1)C(C)(C)CCC2(C)C. The highest BCUT2D eigenvalue weighted by atomic mass is 32.2. The van der Waals surface area contributed by atoms with Gasteiger partial charge in [0.15, 0.2) is 0 Å². The van der Waals surface area contributed by atoms with Gasteiger partial charge in [-0.05, 0) is 71.0 Å². The lowest BCUT2D eigenvalue weighted by molar-refractivity contribution is -0.111. The molecule has 1 unspecified atom stereocenters. The maximum atomic E-state index is 12.9. The van der Waals surface area contributed by atoms with E-state index >= 15 is 0 Å². The van der Waals surface area contributed by atoms with Crippen LogP contribution in [0.15, 0.2) is 36.4 Å². The zero-order valence-corrected chi connectivity index (χ0v) is 19.1. The average molecular weight is 424 g/mol. The number of phenols is 1. The summed E-state index contributed by atoms with van der Waals surface area (Å²) >= 11 is 0.786. The van der Waals surface area contributed by atoms with Crippen LogP contribution in [0, 0.1) is 6.92 Å². The number of anilines is 1. The molecule has 2 aromatic carbocycles. The van der Waals surface area contributed by atoms with E-state index in [0.29, 0.717) is 6.42 Å². The number of carbonyl (C=O) groups is 2. The number of phenolic OH excluding ortho intramolecular Hbond substituents is 1. The summed E-state index contributed by atoms with van der Waals surface area (Å²) in [6.45, 7) is 11.1. The summed E-state index contributed by atoms with van der Waals surface area (Å²) in [7, 11) is 0. The Morgan fingerprint density at radius 1 is 1.03 bits per heavy atom. The number of hydrogen-bond acceptors (Lipinski definition) is 4. The van der Waals surface area contributed by atoms with Gasteiger partial charge in [-0.1, -0.05) is 45.9 Å². The van der Waals surface area contributed by atoms with Crippen LogP contribution in [0.1, 0.15) is 62.8 Å². The zero-order chi connectivity index (χ0) is 21.8. The topological polar surface area (TPSA) is 57.6 Å². The van der Waals surface area contributed by atoms with Gasteiger partial charge in [-0.25, -0.2) is 0 Å². The molecular formula is C25H29NO3S. The molecule has 158 valence electrons. The molecule has 1 saturated heterocycles. The van der Waals surface area contributed by atoms with E-state index in [4.69, 9.17) is 0 Å². The Balaban J connectivity index is 1.80. The fourth-order valence-electron chi connectivity index (χ4n) is 4.75. The average Bonchev–Trinajstić information content (AvgIpc) is 2.92. The van der Waals surface area contributed by atoms with Crippen molar-refractivity contribution in [1.82, 2.24) is 0 Å².